The van der Waals surface area contributed by atoms with Crippen molar-refractivity contribution in [3.63, 3.8) is 0 Å². The summed E-state index contributed by atoms with van der Waals surface area (Å²) in [5.74, 6) is 0.134. The SMILES string of the molecule is CC1(C)SC(c2cc(Br)c(O)c(Br)c2)N[C@H]1OC(=O)O. The van der Waals surface area contributed by atoms with E-state index in [1.54, 1.807) is 23.9 Å². The molecule has 1 aromatic carbocycles. The van der Waals surface area contributed by atoms with Crippen LogP contribution in [0.15, 0.2) is 21.1 Å². The highest BCUT2D eigenvalue weighted by atomic mass is 79.9. The van der Waals surface area contributed by atoms with Crippen LogP contribution in [0.25, 0.3) is 0 Å². The van der Waals surface area contributed by atoms with Crippen molar-refractivity contribution in [2.75, 3.05) is 0 Å². The Bertz CT molecular complexity index is 529. The molecule has 0 spiro atoms. The summed E-state index contributed by atoms with van der Waals surface area (Å²) >= 11 is 8.14. The molecular weight excluding hydrogens is 414 g/mol. The molecule has 0 aliphatic carbocycles. The van der Waals surface area contributed by atoms with Crippen LogP contribution in [0.1, 0.15) is 24.8 Å². The molecule has 1 saturated heterocycles. The Kier molecular flexibility index (Phi) is 4.58. The summed E-state index contributed by atoms with van der Waals surface area (Å²) in [6.07, 6.45) is -1.90. The Hall–Kier alpha value is -0.440. The maximum Gasteiger partial charge on any atom is 0.507 e. The van der Waals surface area contributed by atoms with E-state index in [-0.39, 0.29) is 15.9 Å². The molecule has 0 amide bonds. The first-order valence-corrected chi connectivity index (χ1v) is 8.18. The Morgan fingerprint density at radius 3 is 2.45 bits per heavy atom. The molecule has 1 heterocycles. The van der Waals surface area contributed by atoms with Gasteiger partial charge in [0.15, 0.2) is 6.23 Å². The number of nitrogens with one attached hydrogen (secondary N) is 1. The highest BCUT2D eigenvalue weighted by Crippen LogP contribution is 2.47. The quantitative estimate of drug-likeness (QED) is 0.619. The zero-order valence-corrected chi connectivity index (χ0v) is 14.7. The smallest absolute Gasteiger partial charge is 0.506 e. The van der Waals surface area contributed by atoms with Crippen LogP contribution in [-0.4, -0.2) is 27.3 Å². The molecule has 2 rings (SSSR count). The van der Waals surface area contributed by atoms with Gasteiger partial charge >= 0.3 is 6.16 Å². The lowest BCUT2D eigenvalue weighted by Gasteiger charge is -2.23. The lowest BCUT2D eigenvalue weighted by atomic mass is 10.1. The predicted octanol–water partition coefficient (Wildman–Crippen LogP) is 4.05. The number of carboxylic acid groups (broad SMARTS) is 1. The Morgan fingerprint density at radius 2 is 1.95 bits per heavy atom. The Labute approximate surface area is 137 Å². The molecule has 110 valence electrons. The van der Waals surface area contributed by atoms with Crippen molar-refractivity contribution in [1.29, 1.82) is 0 Å². The van der Waals surface area contributed by atoms with E-state index < -0.39 is 12.4 Å². The lowest BCUT2D eigenvalue weighted by Crippen LogP contribution is -2.40. The molecule has 3 N–H and O–H groups in total. The highest BCUT2D eigenvalue weighted by Gasteiger charge is 2.44. The fourth-order valence-corrected chi connectivity index (χ4v) is 4.45. The normalized spacial score (nSPS) is 24.6. The summed E-state index contributed by atoms with van der Waals surface area (Å²) < 4.78 is 5.63. The minimum absolute atomic E-state index is 0.123. The van der Waals surface area contributed by atoms with E-state index in [1.807, 2.05) is 13.8 Å². The Balaban J connectivity index is 2.25. The molecular formula is C12H13Br2NO4S. The van der Waals surface area contributed by atoms with Crippen LogP contribution < -0.4 is 5.32 Å². The maximum absolute atomic E-state index is 10.7. The van der Waals surface area contributed by atoms with E-state index >= 15 is 0 Å². The number of phenols is 1. The van der Waals surface area contributed by atoms with Crippen molar-refractivity contribution in [3.05, 3.63) is 26.6 Å². The molecule has 1 unspecified atom stereocenters. The van der Waals surface area contributed by atoms with Gasteiger partial charge in [0.25, 0.3) is 0 Å². The fraction of sp³-hybridized carbons (Fsp3) is 0.417. The molecule has 1 aliphatic heterocycles. The number of hydrogen-bond acceptors (Lipinski definition) is 5. The van der Waals surface area contributed by atoms with Gasteiger partial charge in [-0.25, -0.2) is 4.79 Å². The average Bonchev–Trinajstić information content (AvgIpc) is 2.60. The first-order chi connectivity index (χ1) is 9.20. The fourth-order valence-electron chi connectivity index (χ4n) is 1.92. The largest absolute Gasteiger partial charge is 0.507 e. The van der Waals surface area contributed by atoms with E-state index in [1.165, 1.54) is 0 Å². The van der Waals surface area contributed by atoms with Gasteiger partial charge in [-0.2, -0.15) is 0 Å². The molecule has 0 bridgehead atoms. The third-order valence-electron chi connectivity index (χ3n) is 2.92. The zero-order valence-electron chi connectivity index (χ0n) is 10.7. The molecule has 0 saturated carbocycles. The minimum Gasteiger partial charge on any atom is -0.506 e. The second-order valence-electron chi connectivity index (χ2n) is 4.86. The van der Waals surface area contributed by atoms with Crippen LogP contribution in [0, 0.1) is 0 Å². The van der Waals surface area contributed by atoms with Crippen LogP contribution in [0.5, 0.6) is 5.75 Å². The molecule has 1 aromatic rings. The maximum atomic E-state index is 10.7. The summed E-state index contributed by atoms with van der Waals surface area (Å²) in [6, 6.07) is 3.59. The van der Waals surface area contributed by atoms with Gasteiger partial charge in [-0.15, -0.1) is 11.8 Å². The monoisotopic (exact) mass is 425 g/mol. The van der Waals surface area contributed by atoms with Crippen molar-refractivity contribution < 1.29 is 19.7 Å². The number of benzene rings is 1. The molecule has 2 atom stereocenters. The van der Waals surface area contributed by atoms with Crippen LogP contribution in [0.2, 0.25) is 0 Å². The van der Waals surface area contributed by atoms with E-state index in [0.717, 1.165) is 5.56 Å². The number of hydrogen-bond donors (Lipinski definition) is 3. The second kappa shape index (κ2) is 5.75. The van der Waals surface area contributed by atoms with E-state index in [4.69, 9.17) is 9.84 Å². The third kappa shape index (κ3) is 3.24. The van der Waals surface area contributed by atoms with Gasteiger partial charge in [-0.1, -0.05) is 0 Å². The molecule has 0 aromatic heterocycles. The molecule has 5 nitrogen and oxygen atoms in total. The number of phenolic OH excluding ortho intramolecular Hbond substituents is 1. The first kappa shape index (κ1) is 15.9. The topological polar surface area (TPSA) is 78.8 Å². The molecule has 1 fully saturated rings. The Morgan fingerprint density at radius 1 is 1.40 bits per heavy atom. The van der Waals surface area contributed by atoms with Crippen LogP contribution in [0.4, 0.5) is 4.79 Å². The third-order valence-corrected chi connectivity index (χ3v) is 5.59. The second-order valence-corrected chi connectivity index (χ2v) is 8.33. The van der Waals surface area contributed by atoms with Crippen molar-refractivity contribution in [2.45, 2.75) is 30.2 Å². The number of carbonyl (C=O) groups is 1. The van der Waals surface area contributed by atoms with Crippen molar-refractivity contribution in [1.82, 2.24) is 5.32 Å². The lowest BCUT2D eigenvalue weighted by molar-refractivity contribution is 0.0274. The van der Waals surface area contributed by atoms with Gasteiger partial charge < -0.3 is 14.9 Å². The van der Waals surface area contributed by atoms with E-state index in [2.05, 4.69) is 37.2 Å². The highest BCUT2D eigenvalue weighted by molar-refractivity contribution is 9.11. The van der Waals surface area contributed by atoms with Gasteiger partial charge in [0.2, 0.25) is 0 Å². The standard InChI is InChI=1S/C12H13Br2NO4S/c1-12(2)10(19-11(17)18)15-9(20-12)5-3-6(13)8(16)7(14)4-5/h3-4,9-10,15-16H,1-2H3,(H,17,18)/t9?,10-/m0/s1. The van der Waals surface area contributed by atoms with Crippen molar-refractivity contribution >= 4 is 49.8 Å². The molecule has 8 heteroatoms. The van der Waals surface area contributed by atoms with Gasteiger partial charge in [0.05, 0.1) is 19.1 Å². The van der Waals surface area contributed by atoms with Crippen molar-refractivity contribution in [3.8, 4) is 5.75 Å². The number of ether oxygens (including phenoxy) is 1. The predicted molar refractivity (Wildman–Crippen MR) is 84.0 cm³/mol. The summed E-state index contributed by atoms with van der Waals surface area (Å²) in [6.45, 7) is 3.84. The average molecular weight is 427 g/mol. The minimum atomic E-state index is -1.30. The molecule has 1 aliphatic rings. The van der Waals surface area contributed by atoms with Crippen LogP contribution in [-0.2, 0) is 4.74 Å². The van der Waals surface area contributed by atoms with Crippen LogP contribution in [0.3, 0.4) is 0 Å². The van der Waals surface area contributed by atoms with E-state index in [0.29, 0.717) is 8.95 Å². The summed E-state index contributed by atoms with van der Waals surface area (Å²) in [4.78, 5) is 10.7. The number of thioether (sulfide) groups is 1. The summed E-state index contributed by atoms with van der Waals surface area (Å²) in [7, 11) is 0. The number of aromatic hydroxyl groups is 1. The van der Waals surface area contributed by atoms with Gasteiger partial charge in [0.1, 0.15) is 5.75 Å². The van der Waals surface area contributed by atoms with Crippen LogP contribution >= 0.6 is 43.6 Å². The van der Waals surface area contributed by atoms with Crippen molar-refractivity contribution in [2.24, 2.45) is 0 Å². The molecule has 20 heavy (non-hydrogen) atoms. The zero-order chi connectivity index (χ0) is 15.1. The van der Waals surface area contributed by atoms with Gasteiger partial charge in [0, 0.05) is 0 Å². The van der Waals surface area contributed by atoms with Gasteiger partial charge in [-0.3, -0.25) is 5.32 Å². The number of halogens is 2. The molecule has 0 radical (unpaired) electrons. The summed E-state index contributed by atoms with van der Waals surface area (Å²) in [5.41, 5.74) is 0.913. The van der Waals surface area contributed by atoms with Gasteiger partial charge in [-0.05, 0) is 63.4 Å². The summed E-state index contributed by atoms with van der Waals surface area (Å²) in [5, 5.41) is 21.5. The van der Waals surface area contributed by atoms with E-state index in [9.17, 15) is 9.90 Å². The first-order valence-electron chi connectivity index (χ1n) is 5.72. The number of rotatable bonds is 2.